The number of benzene rings is 1. The highest BCUT2D eigenvalue weighted by atomic mass is 32.2. The van der Waals surface area contributed by atoms with Crippen LogP contribution in [-0.2, 0) is 14.3 Å². The summed E-state index contributed by atoms with van der Waals surface area (Å²) in [6, 6.07) is 8.40. The Bertz CT molecular complexity index is 489. The molecule has 0 saturated heterocycles. The quantitative estimate of drug-likeness (QED) is 0.787. The van der Waals surface area contributed by atoms with Gasteiger partial charge in [0.2, 0.25) is 0 Å². The zero-order valence-corrected chi connectivity index (χ0v) is 11.1. The van der Waals surface area contributed by atoms with E-state index in [1.807, 2.05) is 0 Å². The van der Waals surface area contributed by atoms with Crippen LogP contribution in [0, 0.1) is 17.8 Å². The smallest absolute Gasteiger partial charge is 0.266 e. The molecule has 0 aliphatic heterocycles. The molecule has 0 radical (unpaired) electrons. The van der Waals surface area contributed by atoms with Crippen LogP contribution in [0.2, 0.25) is 0 Å². The van der Waals surface area contributed by atoms with Crippen LogP contribution in [0.4, 0.5) is 0 Å². The summed E-state index contributed by atoms with van der Waals surface area (Å²) in [4.78, 5) is 0.260. The van der Waals surface area contributed by atoms with Gasteiger partial charge in [-0.25, -0.2) is 0 Å². The monoisotopic (exact) mass is 266 g/mol. The molecule has 3 nitrogen and oxygen atoms in total. The van der Waals surface area contributed by atoms with Gasteiger partial charge in [0.15, 0.2) is 0 Å². The van der Waals surface area contributed by atoms with Crippen molar-refractivity contribution in [2.45, 2.75) is 30.6 Å². The summed E-state index contributed by atoms with van der Waals surface area (Å²) < 4.78 is 29.3. The highest BCUT2D eigenvalue weighted by molar-refractivity contribution is 7.86. The second kappa shape index (κ2) is 4.67. The molecular formula is C14H18O3S. The minimum absolute atomic E-state index is 0.260. The van der Waals surface area contributed by atoms with Gasteiger partial charge >= 0.3 is 0 Å². The van der Waals surface area contributed by atoms with Gasteiger partial charge in [-0.15, -0.1) is 0 Å². The normalized spacial score (nSPS) is 30.8. The molecule has 1 aromatic rings. The molecule has 2 aliphatic rings. The Morgan fingerprint density at radius 1 is 1.00 bits per heavy atom. The first kappa shape index (κ1) is 12.2. The molecule has 0 spiro atoms. The molecule has 0 atom stereocenters. The summed E-state index contributed by atoms with van der Waals surface area (Å²) >= 11 is 0. The first-order chi connectivity index (χ1) is 8.67. The van der Waals surface area contributed by atoms with Crippen molar-refractivity contribution in [1.82, 2.24) is 0 Å². The average Bonchev–Trinajstić information content (AvgIpc) is 2.97. The lowest BCUT2D eigenvalue weighted by Crippen LogP contribution is -2.18. The molecular weight excluding hydrogens is 248 g/mol. The number of rotatable bonds is 4. The summed E-state index contributed by atoms with van der Waals surface area (Å²) in [5, 5.41) is 0. The van der Waals surface area contributed by atoms with Gasteiger partial charge < -0.3 is 0 Å². The number of fused-ring (bicyclic) bond motifs is 2. The summed E-state index contributed by atoms with van der Waals surface area (Å²) in [6.45, 7) is 0.368. The van der Waals surface area contributed by atoms with E-state index in [-0.39, 0.29) is 4.90 Å². The second-order valence-corrected chi connectivity index (χ2v) is 7.01. The average molecular weight is 266 g/mol. The zero-order valence-electron chi connectivity index (χ0n) is 10.3. The van der Waals surface area contributed by atoms with Gasteiger partial charge in [0.05, 0.1) is 11.5 Å². The Balaban J connectivity index is 1.67. The van der Waals surface area contributed by atoms with Crippen molar-refractivity contribution < 1.29 is 12.6 Å². The van der Waals surface area contributed by atoms with Gasteiger partial charge in [-0.3, -0.25) is 4.18 Å². The fourth-order valence-corrected chi connectivity index (χ4v) is 4.44. The van der Waals surface area contributed by atoms with E-state index in [1.54, 1.807) is 30.3 Å². The lowest BCUT2D eigenvalue weighted by Gasteiger charge is -2.15. The summed E-state index contributed by atoms with van der Waals surface area (Å²) in [6.07, 6.45) is 5.02. The van der Waals surface area contributed by atoms with Gasteiger partial charge in [0.1, 0.15) is 0 Å². The molecule has 0 unspecified atom stereocenters. The third kappa shape index (κ3) is 2.19. The van der Waals surface area contributed by atoms with E-state index < -0.39 is 10.1 Å². The van der Waals surface area contributed by atoms with Crippen LogP contribution in [0.15, 0.2) is 35.2 Å². The first-order valence-corrected chi connectivity index (χ1v) is 8.02. The molecule has 2 aliphatic carbocycles. The summed E-state index contributed by atoms with van der Waals surface area (Å²) in [5.74, 6) is 1.85. The predicted molar refractivity (Wildman–Crippen MR) is 68.5 cm³/mol. The molecule has 4 heteroatoms. The van der Waals surface area contributed by atoms with E-state index in [0.717, 1.165) is 0 Å². The van der Waals surface area contributed by atoms with Crippen LogP contribution < -0.4 is 0 Å². The van der Waals surface area contributed by atoms with Crippen molar-refractivity contribution in [3.05, 3.63) is 30.3 Å². The molecule has 0 aromatic heterocycles. The predicted octanol–water partition coefficient (Wildman–Crippen LogP) is 2.83. The molecule has 18 heavy (non-hydrogen) atoms. The van der Waals surface area contributed by atoms with Crippen LogP contribution >= 0.6 is 0 Å². The number of hydrogen-bond acceptors (Lipinski definition) is 3. The fourth-order valence-electron chi connectivity index (χ4n) is 3.48. The van der Waals surface area contributed by atoms with E-state index in [4.69, 9.17) is 4.18 Å². The minimum atomic E-state index is -3.57. The van der Waals surface area contributed by atoms with E-state index in [1.165, 1.54) is 25.7 Å². The van der Waals surface area contributed by atoms with Crippen molar-refractivity contribution in [3.8, 4) is 0 Å². The molecule has 2 saturated carbocycles. The Hall–Kier alpha value is -0.870. The molecule has 0 N–H and O–H groups in total. The van der Waals surface area contributed by atoms with Gasteiger partial charge in [-0.2, -0.15) is 8.42 Å². The van der Waals surface area contributed by atoms with Crippen molar-refractivity contribution >= 4 is 10.1 Å². The largest absolute Gasteiger partial charge is 0.296 e. The van der Waals surface area contributed by atoms with Gasteiger partial charge in [-0.05, 0) is 55.6 Å². The third-order valence-corrected chi connectivity index (χ3v) is 5.77. The SMILES string of the molecule is O=S(=O)(OCC1C2CCC1CC2)c1ccccc1. The van der Waals surface area contributed by atoms with Gasteiger partial charge in [0.25, 0.3) is 10.1 Å². The maximum absolute atomic E-state index is 12.0. The topological polar surface area (TPSA) is 43.4 Å². The summed E-state index contributed by atoms with van der Waals surface area (Å²) in [5.41, 5.74) is 0. The van der Waals surface area contributed by atoms with Crippen molar-refractivity contribution in [1.29, 1.82) is 0 Å². The molecule has 2 fully saturated rings. The molecule has 0 heterocycles. The third-order valence-electron chi connectivity index (χ3n) is 4.48. The minimum Gasteiger partial charge on any atom is -0.266 e. The molecule has 2 bridgehead atoms. The standard InChI is InChI=1S/C14H18O3S/c15-18(16,13-4-2-1-3-5-13)17-10-14-11-6-7-12(14)9-8-11/h1-5,11-12,14H,6-10H2. The second-order valence-electron chi connectivity index (χ2n) is 5.39. The molecule has 98 valence electrons. The van der Waals surface area contributed by atoms with Crippen molar-refractivity contribution in [2.24, 2.45) is 17.8 Å². The lowest BCUT2D eigenvalue weighted by atomic mass is 9.99. The Labute approximate surface area is 108 Å². The zero-order chi connectivity index (χ0) is 12.6. The van der Waals surface area contributed by atoms with Crippen LogP contribution in [0.25, 0.3) is 0 Å². The lowest BCUT2D eigenvalue weighted by molar-refractivity contribution is 0.218. The van der Waals surface area contributed by atoms with Crippen molar-refractivity contribution in [2.75, 3.05) is 6.61 Å². The van der Waals surface area contributed by atoms with Crippen LogP contribution in [0.1, 0.15) is 25.7 Å². The Kier molecular flexibility index (Phi) is 3.16. The fraction of sp³-hybridized carbons (Fsp3) is 0.571. The Morgan fingerprint density at radius 2 is 1.56 bits per heavy atom. The van der Waals surface area contributed by atoms with E-state index in [9.17, 15) is 8.42 Å². The molecule has 3 rings (SSSR count). The van der Waals surface area contributed by atoms with E-state index in [0.29, 0.717) is 24.4 Å². The Morgan fingerprint density at radius 3 is 2.11 bits per heavy atom. The van der Waals surface area contributed by atoms with Crippen molar-refractivity contribution in [3.63, 3.8) is 0 Å². The van der Waals surface area contributed by atoms with E-state index in [2.05, 4.69) is 0 Å². The van der Waals surface area contributed by atoms with Crippen LogP contribution in [0.5, 0.6) is 0 Å². The van der Waals surface area contributed by atoms with E-state index >= 15 is 0 Å². The number of hydrogen-bond donors (Lipinski definition) is 0. The maximum atomic E-state index is 12.0. The summed E-state index contributed by atoms with van der Waals surface area (Å²) in [7, 11) is -3.57. The maximum Gasteiger partial charge on any atom is 0.296 e. The van der Waals surface area contributed by atoms with Crippen LogP contribution in [-0.4, -0.2) is 15.0 Å². The highest BCUT2D eigenvalue weighted by Gasteiger charge is 2.42. The molecule has 1 aromatic carbocycles. The van der Waals surface area contributed by atoms with Gasteiger partial charge in [-0.1, -0.05) is 18.2 Å². The highest BCUT2D eigenvalue weighted by Crippen LogP contribution is 2.49. The molecule has 0 amide bonds. The van der Waals surface area contributed by atoms with Crippen LogP contribution in [0.3, 0.4) is 0 Å². The first-order valence-electron chi connectivity index (χ1n) is 6.61. The van der Waals surface area contributed by atoms with Gasteiger partial charge in [0, 0.05) is 0 Å².